The normalized spacial score (nSPS) is 11.9. The van der Waals surface area contributed by atoms with Crippen LogP contribution in [0, 0.1) is 0 Å². The molecule has 0 spiro atoms. The zero-order valence-electron chi connectivity index (χ0n) is 46.0. The average molecular weight is 1100 g/mol. The SMILES string of the molecule is C=CCOCCOCCOCCOCCOCCOCCOc1ccc(-c2c3nc(cc4ccc([nH]4)c(-c4ccc(OCCOCCOCCOCCOCCOCCOCC=C)cc4)c4nc(cc5ccc2[nH]5)C=C4)C=C3)cc1. The van der Waals surface area contributed by atoms with E-state index in [-0.39, 0.29) is 0 Å². The van der Waals surface area contributed by atoms with E-state index in [1.807, 2.05) is 36.4 Å². The van der Waals surface area contributed by atoms with Crippen molar-refractivity contribution >= 4 is 46.4 Å². The third kappa shape index (κ3) is 22.6. The van der Waals surface area contributed by atoms with Crippen LogP contribution in [0.3, 0.4) is 0 Å². The second-order valence-corrected chi connectivity index (χ2v) is 17.8. The number of H-pyrrole nitrogens is 2. The van der Waals surface area contributed by atoms with Crippen LogP contribution in [0.2, 0.25) is 0 Å². The van der Waals surface area contributed by atoms with E-state index in [0.717, 1.165) is 78.6 Å². The number of fused-ring (bicyclic) bond motifs is 8. The number of ether oxygens (including phenoxy) is 14. The standard InChI is InChI=1S/C62H78N4O14/c1-3-21-67-23-25-69-27-29-71-31-33-73-35-37-75-39-41-77-43-45-79-55-13-5-49(6-14-55)61-57-17-9-51(63-57)47-53-11-19-59(65-53)62(60-20-12-54(66-60)48-52-10-18-58(61)64-52)50-7-15-56(16-8-50)80-46-44-78-42-40-76-38-36-74-34-32-72-30-28-70-26-24-68-22-4-2/h3-20,47-48,63,66H,1-2,21-46H2. The molecule has 2 aliphatic rings. The van der Waals surface area contributed by atoms with Crippen molar-refractivity contribution in [3.63, 3.8) is 0 Å². The van der Waals surface area contributed by atoms with Gasteiger partial charge in [0.1, 0.15) is 24.7 Å². The van der Waals surface area contributed by atoms with Gasteiger partial charge in [-0.05, 0) is 96.1 Å². The van der Waals surface area contributed by atoms with Crippen molar-refractivity contribution in [2.45, 2.75) is 0 Å². The third-order valence-corrected chi connectivity index (χ3v) is 11.9. The molecule has 2 N–H and O–H groups in total. The molecule has 5 heterocycles. The number of benzene rings is 2. The molecule has 0 saturated heterocycles. The maximum absolute atomic E-state index is 6.03. The number of aromatic nitrogens is 4. The Morgan fingerprint density at radius 1 is 0.325 bits per heavy atom. The first-order valence-electron chi connectivity index (χ1n) is 27.4. The quantitative estimate of drug-likeness (QED) is 0.0272. The van der Waals surface area contributed by atoms with E-state index in [9.17, 15) is 0 Å². The Morgan fingerprint density at radius 3 is 0.912 bits per heavy atom. The summed E-state index contributed by atoms with van der Waals surface area (Å²) < 4.78 is 78.3. The Morgan fingerprint density at radius 2 is 0.613 bits per heavy atom. The van der Waals surface area contributed by atoms with Crippen LogP contribution in [-0.2, 0) is 56.8 Å². The molecule has 5 aromatic rings. The monoisotopic (exact) mass is 1100 g/mol. The fourth-order valence-corrected chi connectivity index (χ4v) is 8.09. The lowest BCUT2D eigenvalue weighted by molar-refractivity contribution is -0.0168. The summed E-state index contributed by atoms with van der Waals surface area (Å²) in [5.41, 5.74) is 10.9. The predicted octanol–water partition coefficient (Wildman–Crippen LogP) is 9.32. The van der Waals surface area contributed by atoms with E-state index in [1.165, 1.54) is 0 Å². The molecule has 0 radical (unpaired) electrons. The van der Waals surface area contributed by atoms with Crippen molar-refractivity contribution in [2.24, 2.45) is 0 Å². The molecule has 8 bridgehead atoms. The molecule has 80 heavy (non-hydrogen) atoms. The number of hydrogen-bond donors (Lipinski definition) is 2. The highest BCUT2D eigenvalue weighted by molar-refractivity contribution is 5.93. The summed E-state index contributed by atoms with van der Waals surface area (Å²) in [6, 6.07) is 28.5. The average Bonchev–Trinajstić information content (AvgIpc) is 4.33. The second-order valence-electron chi connectivity index (χ2n) is 17.8. The minimum absolute atomic E-state index is 0.406. The summed E-state index contributed by atoms with van der Waals surface area (Å²) in [6.45, 7) is 20.0. The highest BCUT2D eigenvalue weighted by Crippen LogP contribution is 2.33. The summed E-state index contributed by atoms with van der Waals surface area (Å²) in [5, 5.41) is 0. The van der Waals surface area contributed by atoms with E-state index in [2.05, 4.69) is 95.9 Å². The van der Waals surface area contributed by atoms with E-state index in [1.54, 1.807) is 12.2 Å². The largest absolute Gasteiger partial charge is 0.491 e. The van der Waals surface area contributed by atoms with Gasteiger partial charge in [0.15, 0.2) is 0 Å². The van der Waals surface area contributed by atoms with Crippen LogP contribution in [-0.4, -0.2) is 192 Å². The van der Waals surface area contributed by atoms with Crippen molar-refractivity contribution in [3.05, 3.63) is 133 Å². The van der Waals surface area contributed by atoms with Crippen LogP contribution in [0.4, 0.5) is 0 Å². The molecule has 0 aliphatic carbocycles. The van der Waals surface area contributed by atoms with Gasteiger partial charge >= 0.3 is 0 Å². The van der Waals surface area contributed by atoms with E-state index >= 15 is 0 Å². The lowest BCUT2D eigenvalue weighted by atomic mass is 10.0. The van der Waals surface area contributed by atoms with Crippen LogP contribution >= 0.6 is 0 Å². The first-order chi connectivity index (χ1) is 39.7. The fourth-order valence-electron chi connectivity index (χ4n) is 8.09. The van der Waals surface area contributed by atoms with E-state index in [0.29, 0.717) is 172 Å². The van der Waals surface area contributed by atoms with E-state index in [4.69, 9.17) is 76.3 Å². The number of hydrogen-bond acceptors (Lipinski definition) is 16. The Kier molecular flexibility index (Phi) is 28.8. The van der Waals surface area contributed by atoms with Gasteiger partial charge in [0.25, 0.3) is 0 Å². The Hall–Kier alpha value is -6.36. The van der Waals surface area contributed by atoms with Gasteiger partial charge in [-0.2, -0.15) is 0 Å². The Bertz CT molecular complexity index is 2590. The van der Waals surface area contributed by atoms with Gasteiger partial charge in [-0.3, -0.25) is 0 Å². The molecule has 0 amide bonds. The van der Waals surface area contributed by atoms with Gasteiger partial charge in [0.05, 0.1) is 181 Å². The molecule has 2 aliphatic heterocycles. The topological polar surface area (TPSA) is 187 Å². The molecule has 0 saturated carbocycles. The van der Waals surface area contributed by atoms with Gasteiger partial charge in [-0.25, -0.2) is 9.97 Å². The smallest absolute Gasteiger partial charge is 0.119 e. The third-order valence-electron chi connectivity index (χ3n) is 11.9. The predicted molar refractivity (Wildman–Crippen MR) is 311 cm³/mol. The molecule has 430 valence electrons. The van der Waals surface area contributed by atoms with Gasteiger partial charge in [-0.1, -0.05) is 36.4 Å². The molecule has 0 fully saturated rings. The maximum Gasteiger partial charge on any atom is 0.119 e. The highest BCUT2D eigenvalue weighted by Gasteiger charge is 2.14. The molecular weight excluding hydrogens is 1020 g/mol. The first-order valence-corrected chi connectivity index (χ1v) is 27.4. The lowest BCUT2D eigenvalue weighted by Gasteiger charge is -2.10. The molecule has 2 aromatic carbocycles. The van der Waals surface area contributed by atoms with Crippen molar-refractivity contribution in [1.29, 1.82) is 0 Å². The van der Waals surface area contributed by atoms with Crippen LogP contribution in [0.15, 0.2) is 110 Å². The van der Waals surface area contributed by atoms with Crippen molar-refractivity contribution in [2.75, 3.05) is 172 Å². The lowest BCUT2D eigenvalue weighted by Crippen LogP contribution is -2.14. The van der Waals surface area contributed by atoms with Gasteiger partial charge in [0, 0.05) is 33.2 Å². The number of rotatable bonds is 44. The summed E-state index contributed by atoms with van der Waals surface area (Å²) >= 11 is 0. The van der Waals surface area contributed by atoms with Crippen LogP contribution in [0.25, 0.3) is 68.6 Å². The van der Waals surface area contributed by atoms with Gasteiger partial charge < -0.3 is 76.3 Å². The van der Waals surface area contributed by atoms with Crippen LogP contribution < -0.4 is 9.47 Å². The first kappa shape index (κ1) is 61.3. The van der Waals surface area contributed by atoms with Crippen LogP contribution in [0.1, 0.15) is 22.8 Å². The molecule has 18 heteroatoms. The molecule has 7 rings (SSSR count). The summed E-state index contributed by atoms with van der Waals surface area (Å²) in [6.07, 6.45) is 11.6. The maximum atomic E-state index is 6.03. The Labute approximate surface area is 469 Å². The molecule has 18 nitrogen and oxygen atoms in total. The molecule has 0 unspecified atom stereocenters. The fraction of sp³-hybridized carbons (Fsp3) is 0.419. The van der Waals surface area contributed by atoms with Gasteiger partial charge in [-0.15, -0.1) is 13.2 Å². The van der Waals surface area contributed by atoms with Gasteiger partial charge in [0.2, 0.25) is 0 Å². The number of nitrogens with zero attached hydrogens (tertiary/aromatic N) is 2. The number of nitrogens with one attached hydrogen (secondary N) is 2. The Balaban J connectivity index is 0.834. The van der Waals surface area contributed by atoms with Crippen molar-refractivity contribution in [1.82, 2.24) is 19.9 Å². The second kappa shape index (κ2) is 37.6. The molecular formula is C62H78N4O14. The highest BCUT2D eigenvalue weighted by atomic mass is 16.6. The molecule has 0 atom stereocenters. The number of aromatic amines is 2. The zero-order chi connectivity index (χ0) is 55.3. The van der Waals surface area contributed by atoms with E-state index < -0.39 is 0 Å². The summed E-state index contributed by atoms with van der Waals surface area (Å²) in [7, 11) is 0. The van der Waals surface area contributed by atoms with Crippen LogP contribution in [0.5, 0.6) is 11.5 Å². The van der Waals surface area contributed by atoms with Crippen molar-refractivity contribution in [3.8, 4) is 33.8 Å². The van der Waals surface area contributed by atoms with Crippen molar-refractivity contribution < 1.29 is 66.3 Å². The summed E-state index contributed by atoms with van der Waals surface area (Å²) in [4.78, 5) is 17.5. The zero-order valence-corrected chi connectivity index (χ0v) is 46.0. The molecule has 3 aromatic heterocycles. The minimum atomic E-state index is 0.406. The minimum Gasteiger partial charge on any atom is -0.491 e. The summed E-state index contributed by atoms with van der Waals surface area (Å²) in [5.74, 6) is 1.49.